The van der Waals surface area contributed by atoms with Crippen molar-refractivity contribution in [2.45, 2.75) is 12.8 Å². The van der Waals surface area contributed by atoms with Crippen LogP contribution in [0.15, 0.2) is 24.3 Å². The molecule has 2 rings (SSSR count). The van der Waals surface area contributed by atoms with Crippen LogP contribution in [0.4, 0.5) is 5.69 Å². The number of piperidine rings is 1. The van der Waals surface area contributed by atoms with Crippen LogP contribution in [0.2, 0.25) is 0 Å². The fourth-order valence-corrected chi connectivity index (χ4v) is 3.16. The van der Waals surface area contributed by atoms with Gasteiger partial charge in [-0.05, 0) is 25.0 Å². The second-order valence-corrected chi connectivity index (χ2v) is 7.73. The Kier molecular flexibility index (Phi) is 4.93. The third kappa shape index (κ3) is 3.82. The molecule has 23 heavy (non-hydrogen) atoms. The van der Waals surface area contributed by atoms with Crippen molar-refractivity contribution in [1.29, 1.82) is 0 Å². The van der Waals surface area contributed by atoms with Gasteiger partial charge in [0, 0.05) is 26.1 Å². The topological polar surface area (TPSA) is 101 Å². The molecule has 0 aliphatic carbocycles. The van der Waals surface area contributed by atoms with Crippen LogP contribution in [0, 0.1) is 5.92 Å². The van der Waals surface area contributed by atoms with Crippen molar-refractivity contribution in [3.63, 3.8) is 0 Å². The molecule has 0 radical (unpaired) electrons. The number of anilines is 1. The molecular weight excluding hydrogens is 318 g/mol. The predicted molar refractivity (Wildman–Crippen MR) is 87.5 cm³/mol. The molecule has 2 amide bonds. The largest absolute Gasteiger partial charge is 0.369 e. The lowest BCUT2D eigenvalue weighted by molar-refractivity contribution is -0.123. The van der Waals surface area contributed by atoms with Crippen molar-refractivity contribution in [3.8, 4) is 0 Å². The number of amides is 2. The highest BCUT2D eigenvalue weighted by Gasteiger charge is 2.28. The van der Waals surface area contributed by atoms with Crippen molar-refractivity contribution >= 4 is 27.5 Å². The first-order valence-corrected chi connectivity index (χ1v) is 9.18. The van der Waals surface area contributed by atoms with E-state index in [1.54, 1.807) is 29.2 Å². The van der Waals surface area contributed by atoms with Crippen LogP contribution in [0.3, 0.4) is 0 Å². The van der Waals surface area contributed by atoms with E-state index in [0.29, 0.717) is 37.2 Å². The molecule has 1 aromatic rings. The van der Waals surface area contributed by atoms with E-state index >= 15 is 0 Å². The first-order valence-electron chi connectivity index (χ1n) is 7.33. The zero-order chi connectivity index (χ0) is 17.2. The molecule has 1 heterocycles. The van der Waals surface area contributed by atoms with Gasteiger partial charge >= 0.3 is 0 Å². The Hall–Kier alpha value is -2.09. The summed E-state index contributed by atoms with van der Waals surface area (Å²) in [6, 6.07) is 6.60. The van der Waals surface area contributed by atoms with Gasteiger partial charge in [0.25, 0.3) is 5.91 Å². The van der Waals surface area contributed by atoms with Gasteiger partial charge in [-0.2, -0.15) is 0 Å². The minimum atomic E-state index is -3.46. The summed E-state index contributed by atoms with van der Waals surface area (Å²) in [6.45, 7) is 0.868. The van der Waals surface area contributed by atoms with Gasteiger partial charge in [-0.25, -0.2) is 8.42 Å². The number of carbonyl (C=O) groups is 2. The molecule has 1 fully saturated rings. The van der Waals surface area contributed by atoms with Crippen molar-refractivity contribution < 1.29 is 18.0 Å². The van der Waals surface area contributed by atoms with Gasteiger partial charge in [-0.3, -0.25) is 13.9 Å². The third-order valence-electron chi connectivity index (χ3n) is 4.16. The molecule has 7 nitrogen and oxygen atoms in total. The standard InChI is InChI=1S/C15H21N3O4S/c1-17(23(2,21)22)13-6-4-3-5-12(13)15(20)18-9-7-11(8-10-18)14(16)19/h3-6,11H,7-10H2,1-2H3,(H2,16,19). The number of hydrogen-bond donors (Lipinski definition) is 1. The molecule has 0 bridgehead atoms. The maximum Gasteiger partial charge on any atom is 0.255 e. The van der Waals surface area contributed by atoms with Gasteiger partial charge in [0.2, 0.25) is 15.9 Å². The van der Waals surface area contributed by atoms with Crippen molar-refractivity contribution in [3.05, 3.63) is 29.8 Å². The Morgan fingerprint density at radius 3 is 2.30 bits per heavy atom. The summed E-state index contributed by atoms with van der Waals surface area (Å²) in [5.74, 6) is -0.777. The van der Waals surface area contributed by atoms with Gasteiger partial charge in [0.1, 0.15) is 0 Å². The maximum atomic E-state index is 12.7. The maximum absolute atomic E-state index is 12.7. The highest BCUT2D eigenvalue weighted by Crippen LogP contribution is 2.25. The number of benzene rings is 1. The van der Waals surface area contributed by atoms with Crippen LogP contribution < -0.4 is 10.0 Å². The average Bonchev–Trinajstić information content (AvgIpc) is 2.52. The summed E-state index contributed by atoms with van der Waals surface area (Å²) in [6.07, 6.45) is 2.16. The number of hydrogen-bond acceptors (Lipinski definition) is 4. The van der Waals surface area contributed by atoms with Crippen LogP contribution in [0.25, 0.3) is 0 Å². The number of carbonyl (C=O) groups excluding carboxylic acids is 2. The Labute approximate surface area is 136 Å². The minimum Gasteiger partial charge on any atom is -0.369 e. The molecule has 0 unspecified atom stereocenters. The molecule has 0 spiro atoms. The van der Waals surface area contributed by atoms with Crippen molar-refractivity contribution in [1.82, 2.24) is 4.90 Å². The van der Waals surface area contributed by atoms with Crippen molar-refractivity contribution in [2.75, 3.05) is 30.7 Å². The van der Waals surface area contributed by atoms with E-state index in [1.165, 1.54) is 7.05 Å². The van der Waals surface area contributed by atoms with Gasteiger partial charge in [0.05, 0.1) is 17.5 Å². The van der Waals surface area contributed by atoms with E-state index < -0.39 is 10.0 Å². The summed E-state index contributed by atoms with van der Waals surface area (Å²) < 4.78 is 24.6. The Balaban J connectivity index is 2.23. The van der Waals surface area contributed by atoms with Crippen LogP contribution in [0.5, 0.6) is 0 Å². The van der Waals surface area contributed by atoms with Gasteiger partial charge < -0.3 is 10.6 Å². The van der Waals surface area contributed by atoms with Gasteiger partial charge in [0.15, 0.2) is 0 Å². The molecule has 0 saturated carbocycles. The van der Waals surface area contributed by atoms with Crippen LogP contribution in [0.1, 0.15) is 23.2 Å². The zero-order valence-electron chi connectivity index (χ0n) is 13.2. The molecule has 126 valence electrons. The number of likely N-dealkylation sites (tertiary alicyclic amines) is 1. The van der Waals surface area contributed by atoms with E-state index in [2.05, 4.69) is 0 Å². The zero-order valence-corrected chi connectivity index (χ0v) is 14.0. The Morgan fingerprint density at radius 2 is 1.78 bits per heavy atom. The summed E-state index contributed by atoms with van der Waals surface area (Å²) in [4.78, 5) is 25.6. The molecule has 8 heteroatoms. The van der Waals surface area contributed by atoms with Crippen LogP contribution in [-0.2, 0) is 14.8 Å². The van der Waals surface area contributed by atoms with Gasteiger partial charge in [-0.1, -0.05) is 12.1 Å². The third-order valence-corrected chi connectivity index (χ3v) is 5.35. The highest BCUT2D eigenvalue weighted by atomic mass is 32.2. The van der Waals surface area contributed by atoms with Crippen LogP contribution >= 0.6 is 0 Å². The monoisotopic (exact) mass is 339 g/mol. The molecule has 1 aromatic carbocycles. The Morgan fingerprint density at radius 1 is 1.22 bits per heavy atom. The quantitative estimate of drug-likeness (QED) is 0.859. The molecular formula is C15H21N3O4S. The van der Waals surface area contributed by atoms with Crippen molar-refractivity contribution in [2.24, 2.45) is 11.7 Å². The predicted octanol–water partition coefficient (Wildman–Crippen LogP) is 0.420. The lowest BCUT2D eigenvalue weighted by Gasteiger charge is -2.31. The molecule has 0 aromatic heterocycles. The highest BCUT2D eigenvalue weighted by molar-refractivity contribution is 7.92. The minimum absolute atomic E-state index is 0.201. The number of rotatable bonds is 4. The van der Waals surface area contributed by atoms with Crippen LogP contribution in [-0.4, -0.2) is 51.5 Å². The number of primary amides is 1. The second kappa shape index (κ2) is 6.57. The second-order valence-electron chi connectivity index (χ2n) is 5.72. The van der Waals surface area contributed by atoms with Gasteiger partial charge in [-0.15, -0.1) is 0 Å². The SMILES string of the molecule is CN(c1ccccc1C(=O)N1CCC(C(N)=O)CC1)S(C)(=O)=O. The van der Waals surface area contributed by atoms with E-state index in [4.69, 9.17) is 5.73 Å². The summed E-state index contributed by atoms with van der Waals surface area (Å²) in [5.41, 5.74) is 5.97. The lowest BCUT2D eigenvalue weighted by atomic mass is 9.95. The summed E-state index contributed by atoms with van der Waals surface area (Å²) >= 11 is 0. The van der Waals surface area contributed by atoms with E-state index in [1.807, 2.05) is 0 Å². The summed E-state index contributed by atoms with van der Waals surface area (Å²) in [7, 11) is -2.04. The molecule has 1 saturated heterocycles. The summed E-state index contributed by atoms with van der Waals surface area (Å²) in [5, 5.41) is 0. The first kappa shape index (κ1) is 17.3. The smallest absolute Gasteiger partial charge is 0.255 e. The lowest BCUT2D eigenvalue weighted by Crippen LogP contribution is -2.42. The fourth-order valence-electron chi connectivity index (χ4n) is 2.65. The number of nitrogens with two attached hydrogens (primary N) is 1. The number of nitrogens with zero attached hydrogens (tertiary/aromatic N) is 2. The first-order chi connectivity index (χ1) is 10.7. The average molecular weight is 339 g/mol. The molecule has 1 aliphatic rings. The van der Waals surface area contributed by atoms with E-state index in [0.717, 1.165) is 10.6 Å². The fraction of sp³-hybridized carbons (Fsp3) is 0.467. The van der Waals surface area contributed by atoms with E-state index in [-0.39, 0.29) is 17.7 Å². The number of para-hydroxylation sites is 1. The van der Waals surface area contributed by atoms with E-state index in [9.17, 15) is 18.0 Å². The number of sulfonamides is 1. The normalized spacial score (nSPS) is 16.2. The molecule has 0 atom stereocenters. The Bertz CT molecular complexity index is 709. The molecule has 1 aliphatic heterocycles. The molecule has 2 N–H and O–H groups in total.